The van der Waals surface area contributed by atoms with Crippen LogP contribution in [0.15, 0.2) is 12.1 Å². The van der Waals surface area contributed by atoms with E-state index in [9.17, 15) is 5.11 Å². The first-order valence-corrected chi connectivity index (χ1v) is 6.08. The molecule has 0 spiro atoms. The van der Waals surface area contributed by atoms with Gasteiger partial charge in [0.1, 0.15) is 0 Å². The molecule has 0 aliphatic heterocycles. The average Bonchev–Trinajstić information content (AvgIpc) is 2.24. The number of ether oxygens (including phenoxy) is 1. The van der Waals surface area contributed by atoms with E-state index in [2.05, 4.69) is 6.92 Å². The third kappa shape index (κ3) is 3.76. The first-order valence-electron chi connectivity index (χ1n) is 6.08. The summed E-state index contributed by atoms with van der Waals surface area (Å²) in [6.07, 6.45) is 4.74. The second-order valence-corrected chi connectivity index (χ2v) is 4.34. The van der Waals surface area contributed by atoms with E-state index in [-0.39, 0.29) is 5.75 Å². The fourth-order valence-electron chi connectivity index (χ4n) is 1.74. The molecule has 0 fully saturated rings. The molecule has 0 saturated heterocycles. The molecule has 0 radical (unpaired) electrons. The van der Waals surface area contributed by atoms with Crippen molar-refractivity contribution in [3.63, 3.8) is 0 Å². The van der Waals surface area contributed by atoms with Crippen molar-refractivity contribution >= 4 is 0 Å². The fourth-order valence-corrected chi connectivity index (χ4v) is 1.74. The molecule has 1 rings (SSSR count). The van der Waals surface area contributed by atoms with Crippen molar-refractivity contribution in [2.45, 2.75) is 46.5 Å². The van der Waals surface area contributed by atoms with Crippen molar-refractivity contribution in [3.8, 4) is 11.5 Å². The molecule has 0 bridgehead atoms. The number of benzene rings is 1. The summed E-state index contributed by atoms with van der Waals surface area (Å²) >= 11 is 0. The lowest BCUT2D eigenvalue weighted by molar-refractivity contribution is 0.288. The van der Waals surface area contributed by atoms with Gasteiger partial charge in [-0.2, -0.15) is 0 Å². The van der Waals surface area contributed by atoms with Crippen LogP contribution in [0.2, 0.25) is 0 Å². The van der Waals surface area contributed by atoms with Gasteiger partial charge in [-0.05, 0) is 37.5 Å². The Morgan fingerprint density at radius 3 is 2.56 bits per heavy atom. The number of phenolic OH excluding ortho intramolecular Hbond substituents is 1. The van der Waals surface area contributed by atoms with E-state index in [1.165, 1.54) is 19.3 Å². The predicted molar refractivity (Wildman–Crippen MR) is 67.2 cm³/mol. The molecule has 0 aromatic heterocycles. The quantitative estimate of drug-likeness (QED) is 0.738. The average molecular weight is 222 g/mol. The number of rotatable bonds is 6. The Morgan fingerprint density at radius 2 is 1.88 bits per heavy atom. The first-order chi connectivity index (χ1) is 7.65. The van der Waals surface area contributed by atoms with Crippen molar-refractivity contribution in [2.24, 2.45) is 0 Å². The molecule has 16 heavy (non-hydrogen) atoms. The summed E-state index contributed by atoms with van der Waals surface area (Å²) < 4.78 is 5.60. The number of aryl methyl sites for hydroxylation is 2. The summed E-state index contributed by atoms with van der Waals surface area (Å²) in [5.74, 6) is 0.898. The zero-order valence-electron chi connectivity index (χ0n) is 10.5. The van der Waals surface area contributed by atoms with Gasteiger partial charge in [-0.25, -0.2) is 0 Å². The molecule has 0 amide bonds. The van der Waals surface area contributed by atoms with E-state index in [1.54, 1.807) is 0 Å². The SMILES string of the molecule is CCCCCCOc1cc(C)cc(C)c1O. The number of hydrogen-bond acceptors (Lipinski definition) is 2. The third-order valence-corrected chi connectivity index (χ3v) is 2.67. The molecule has 0 unspecified atom stereocenters. The molecule has 0 aliphatic carbocycles. The highest BCUT2D eigenvalue weighted by atomic mass is 16.5. The molecule has 1 aromatic rings. The zero-order valence-corrected chi connectivity index (χ0v) is 10.5. The number of phenols is 1. The van der Waals surface area contributed by atoms with Crippen LogP contribution in [0, 0.1) is 13.8 Å². The Labute approximate surface area is 98.3 Å². The van der Waals surface area contributed by atoms with Crippen LogP contribution < -0.4 is 4.74 Å². The Hall–Kier alpha value is -1.18. The minimum Gasteiger partial charge on any atom is -0.504 e. The molecule has 2 heteroatoms. The third-order valence-electron chi connectivity index (χ3n) is 2.67. The lowest BCUT2D eigenvalue weighted by Crippen LogP contribution is -1.98. The van der Waals surface area contributed by atoms with Crippen LogP contribution in [0.4, 0.5) is 0 Å². The van der Waals surface area contributed by atoms with Crippen molar-refractivity contribution in [1.82, 2.24) is 0 Å². The van der Waals surface area contributed by atoms with Crippen molar-refractivity contribution in [3.05, 3.63) is 23.3 Å². The Bertz CT molecular complexity index is 332. The number of hydrogen-bond donors (Lipinski definition) is 1. The standard InChI is InChI=1S/C14H22O2/c1-4-5-6-7-8-16-13-10-11(2)9-12(3)14(13)15/h9-10,15H,4-8H2,1-3H3. The second kappa shape index (κ2) is 6.41. The molecule has 0 heterocycles. The largest absolute Gasteiger partial charge is 0.504 e. The maximum atomic E-state index is 9.80. The molecule has 0 aliphatic rings. The topological polar surface area (TPSA) is 29.5 Å². The zero-order chi connectivity index (χ0) is 12.0. The van der Waals surface area contributed by atoms with Crippen LogP contribution in [0.1, 0.15) is 43.7 Å². The van der Waals surface area contributed by atoms with Gasteiger partial charge in [0.25, 0.3) is 0 Å². The van der Waals surface area contributed by atoms with Gasteiger partial charge in [0.05, 0.1) is 6.61 Å². The van der Waals surface area contributed by atoms with Crippen molar-refractivity contribution in [2.75, 3.05) is 6.61 Å². The van der Waals surface area contributed by atoms with Crippen LogP contribution in [0.3, 0.4) is 0 Å². The van der Waals surface area contributed by atoms with Crippen LogP contribution in [0.25, 0.3) is 0 Å². The van der Waals surface area contributed by atoms with Gasteiger partial charge in [0.2, 0.25) is 0 Å². The highest BCUT2D eigenvalue weighted by Crippen LogP contribution is 2.30. The van der Waals surface area contributed by atoms with E-state index >= 15 is 0 Å². The summed E-state index contributed by atoms with van der Waals surface area (Å²) in [7, 11) is 0. The summed E-state index contributed by atoms with van der Waals surface area (Å²) in [5, 5.41) is 9.80. The molecular weight excluding hydrogens is 200 g/mol. The van der Waals surface area contributed by atoms with E-state index in [0.717, 1.165) is 17.5 Å². The maximum absolute atomic E-state index is 9.80. The molecule has 1 aromatic carbocycles. The van der Waals surface area contributed by atoms with E-state index in [1.807, 2.05) is 26.0 Å². The minimum atomic E-state index is 0.279. The summed E-state index contributed by atoms with van der Waals surface area (Å²) in [4.78, 5) is 0. The van der Waals surface area contributed by atoms with Crippen molar-refractivity contribution in [1.29, 1.82) is 0 Å². The highest BCUT2D eigenvalue weighted by molar-refractivity contribution is 5.47. The molecule has 90 valence electrons. The van der Waals surface area contributed by atoms with E-state index in [0.29, 0.717) is 12.4 Å². The highest BCUT2D eigenvalue weighted by Gasteiger charge is 2.06. The van der Waals surface area contributed by atoms with Crippen LogP contribution in [0.5, 0.6) is 11.5 Å². The summed E-state index contributed by atoms with van der Waals surface area (Å²) in [5.41, 5.74) is 2.00. The molecule has 1 N–H and O–H groups in total. The van der Waals surface area contributed by atoms with Gasteiger partial charge in [-0.3, -0.25) is 0 Å². The maximum Gasteiger partial charge on any atom is 0.161 e. The van der Waals surface area contributed by atoms with E-state index < -0.39 is 0 Å². The van der Waals surface area contributed by atoms with Gasteiger partial charge < -0.3 is 9.84 Å². The van der Waals surface area contributed by atoms with Gasteiger partial charge in [-0.1, -0.05) is 32.3 Å². The Kier molecular flexibility index (Phi) is 5.17. The second-order valence-electron chi connectivity index (χ2n) is 4.34. The Morgan fingerprint density at radius 1 is 1.12 bits per heavy atom. The molecule has 2 nitrogen and oxygen atoms in total. The molecule has 0 atom stereocenters. The van der Waals surface area contributed by atoms with Crippen LogP contribution >= 0.6 is 0 Å². The minimum absolute atomic E-state index is 0.279. The fraction of sp³-hybridized carbons (Fsp3) is 0.571. The van der Waals surface area contributed by atoms with Crippen molar-refractivity contribution < 1.29 is 9.84 Å². The van der Waals surface area contributed by atoms with Gasteiger partial charge in [0, 0.05) is 0 Å². The predicted octanol–water partition coefficient (Wildman–Crippen LogP) is 3.97. The van der Waals surface area contributed by atoms with Gasteiger partial charge in [0.15, 0.2) is 11.5 Å². The van der Waals surface area contributed by atoms with Crippen LogP contribution in [-0.4, -0.2) is 11.7 Å². The van der Waals surface area contributed by atoms with Crippen LogP contribution in [-0.2, 0) is 0 Å². The monoisotopic (exact) mass is 222 g/mol. The summed E-state index contributed by atoms with van der Waals surface area (Å²) in [6.45, 7) is 6.79. The lowest BCUT2D eigenvalue weighted by Gasteiger charge is -2.10. The van der Waals surface area contributed by atoms with Gasteiger partial charge in [-0.15, -0.1) is 0 Å². The number of unbranched alkanes of at least 4 members (excludes halogenated alkanes) is 3. The normalized spacial score (nSPS) is 10.4. The number of aromatic hydroxyl groups is 1. The smallest absolute Gasteiger partial charge is 0.161 e. The Balaban J connectivity index is 2.47. The molecular formula is C14H22O2. The lowest BCUT2D eigenvalue weighted by atomic mass is 10.1. The first kappa shape index (κ1) is 12.9. The summed E-state index contributed by atoms with van der Waals surface area (Å²) in [6, 6.07) is 3.85. The van der Waals surface area contributed by atoms with E-state index in [4.69, 9.17) is 4.74 Å². The van der Waals surface area contributed by atoms with Gasteiger partial charge >= 0.3 is 0 Å². The molecule has 0 saturated carbocycles.